The Balaban J connectivity index is 4.36. The topological polar surface area (TPSA) is 111 Å². The molecule has 0 bridgehead atoms. The zero-order chi connectivity index (χ0) is 40.0. The molecule has 0 fully saturated rings. The van der Waals surface area contributed by atoms with Crippen LogP contribution in [0, 0.1) is 0 Å². The van der Waals surface area contributed by atoms with Crippen molar-refractivity contribution in [2.75, 3.05) is 47.5 Å². The van der Waals surface area contributed by atoms with Crippen molar-refractivity contribution in [2.45, 2.75) is 200 Å². The van der Waals surface area contributed by atoms with Crippen LogP contribution in [0.15, 0.2) is 24.3 Å². The molecule has 0 aromatic heterocycles. The molecule has 2 unspecified atom stereocenters. The van der Waals surface area contributed by atoms with Gasteiger partial charge in [-0.25, -0.2) is 0 Å². The third-order valence-electron chi connectivity index (χ3n) is 9.47. The summed E-state index contributed by atoms with van der Waals surface area (Å²) in [4.78, 5) is 37.5. The van der Waals surface area contributed by atoms with E-state index >= 15 is 0 Å². The van der Waals surface area contributed by atoms with Gasteiger partial charge in [-0.15, -0.1) is 0 Å². The SMILES string of the molecule is CCCCC/C=C\C/C=C\CCCCCCCCCC(=O)OC(COC(=O)CCCCCCCCCCCCCCC)COP(=O)([O-])OCC[N+](C)(C)C. The van der Waals surface area contributed by atoms with Crippen LogP contribution in [-0.4, -0.2) is 70.0 Å². The van der Waals surface area contributed by atoms with Crippen LogP contribution >= 0.6 is 7.82 Å². The summed E-state index contributed by atoms with van der Waals surface area (Å²) in [6, 6.07) is 0. The lowest BCUT2D eigenvalue weighted by molar-refractivity contribution is -0.870. The fourth-order valence-corrected chi connectivity index (χ4v) is 6.71. The molecule has 0 spiro atoms. The van der Waals surface area contributed by atoms with Crippen molar-refractivity contribution in [3.63, 3.8) is 0 Å². The molecule has 0 amide bonds. The van der Waals surface area contributed by atoms with Crippen molar-refractivity contribution in [1.29, 1.82) is 0 Å². The van der Waals surface area contributed by atoms with Crippen molar-refractivity contribution in [3.8, 4) is 0 Å². The van der Waals surface area contributed by atoms with Gasteiger partial charge in [0.2, 0.25) is 0 Å². The molecular weight excluding hydrogens is 701 g/mol. The number of carbonyl (C=O) groups excluding carboxylic acids is 2. The highest BCUT2D eigenvalue weighted by molar-refractivity contribution is 7.45. The smallest absolute Gasteiger partial charge is 0.306 e. The normalized spacial score (nSPS) is 13.8. The second-order valence-corrected chi connectivity index (χ2v) is 17.5. The molecule has 0 radical (unpaired) electrons. The lowest BCUT2D eigenvalue weighted by Gasteiger charge is -2.28. The second kappa shape index (κ2) is 37.1. The molecule has 0 N–H and O–H groups in total. The quantitative estimate of drug-likeness (QED) is 0.0198. The molecule has 0 aliphatic rings. The Hall–Kier alpha value is -1.51. The summed E-state index contributed by atoms with van der Waals surface area (Å²) in [5.74, 6) is -0.838. The standard InChI is InChI=1S/C44H84NO8P/c1-6-8-10-12-14-16-18-20-21-22-23-25-27-29-31-33-35-37-44(47)53-42(41-52-54(48,49)51-39-38-45(3,4)5)40-50-43(46)36-34-32-30-28-26-24-19-17-15-13-11-9-7-2/h14,16,20-21,42H,6-13,15,17-19,22-41H2,1-5H3/b16-14-,21-20-. The minimum absolute atomic E-state index is 0.0307. The van der Waals surface area contributed by atoms with Crippen LogP contribution in [0.4, 0.5) is 0 Å². The zero-order valence-corrected chi connectivity index (χ0v) is 36.6. The van der Waals surface area contributed by atoms with Gasteiger partial charge in [0.1, 0.15) is 19.8 Å². The van der Waals surface area contributed by atoms with Gasteiger partial charge in [-0.2, -0.15) is 0 Å². The maximum atomic E-state index is 12.7. The van der Waals surface area contributed by atoms with Crippen molar-refractivity contribution >= 4 is 19.8 Å². The number of hydrogen-bond acceptors (Lipinski definition) is 8. The highest BCUT2D eigenvalue weighted by Gasteiger charge is 2.21. The van der Waals surface area contributed by atoms with Gasteiger partial charge in [0.15, 0.2) is 6.10 Å². The number of phosphoric acid groups is 1. The number of hydrogen-bond donors (Lipinski definition) is 0. The lowest BCUT2D eigenvalue weighted by Crippen LogP contribution is -2.37. The number of unbranched alkanes of at least 4 members (excludes halogenated alkanes) is 22. The Bertz CT molecular complexity index is 980. The largest absolute Gasteiger partial charge is 0.756 e. The van der Waals surface area contributed by atoms with Crippen LogP contribution in [0.5, 0.6) is 0 Å². The maximum absolute atomic E-state index is 12.7. The third kappa shape index (κ3) is 40.2. The number of carbonyl (C=O) groups is 2. The van der Waals surface area contributed by atoms with E-state index in [2.05, 4.69) is 38.2 Å². The van der Waals surface area contributed by atoms with E-state index in [-0.39, 0.29) is 32.0 Å². The molecular formula is C44H84NO8P. The van der Waals surface area contributed by atoms with Crippen molar-refractivity contribution in [2.24, 2.45) is 0 Å². The maximum Gasteiger partial charge on any atom is 0.306 e. The van der Waals surface area contributed by atoms with E-state index in [0.717, 1.165) is 51.4 Å². The zero-order valence-electron chi connectivity index (χ0n) is 35.7. The molecule has 318 valence electrons. The number of rotatable bonds is 40. The average Bonchev–Trinajstić information content (AvgIpc) is 3.12. The summed E-state index contributed by atoms with van der Waals surface area (Å²) < 4.78 is 33.9. The number of likely N-dealkylation sites (N-methyl/N-ethyl adjacent to an activating group) is 1. The summed E-state index contributed by atoms with van der Waals surface area (Å²) >= 11 is 0. The van der Waals surface area contributed by atoms with Crippen LogP contribution in [0.2, 0.25) is 0 Å². The van der Waals surface area contributed by atoms with Gasteiger partial charge in [0.25, 0.3) is 7.82 Å². The summed E-state index contributed by atoms with van der Waals surface area (Å²) in [5, 5.41) is 0. The first-order valence-corrected chi connectivity index (χ1v) is 23.5. The van der Waals surface area contributed by atoms with Crippen molar-refractivity contribution in [3.05, 3.63) is 24.3 Å². The second-order valence-electron chi connectivity index (χ2n) is 16.1. The fourth-order valence-electron chi connectivity index (χ4n) is 5.98. The predicted molar refractivity (Wildman–Crippen MR) is 222 cm³/mol. The van der Waals surface area contributed by atoms with Gasteiger partial charge in [-0.05, 0) is 44.9 Å². The molecule has 0 aliphatic carbocycles. The minimum Gasteiger partial charge on any atom is -0.756 e. The highest BCUT2D eigenvalue weighted by atomic mass is 31.2. The Labute approximate surface area is 332 Å². The third-order valence-corrected chi connectivity index (χ3v) is 10.4. The first-order valence-electron chi connectivity index (χ1n) is 22.0. The molecule has 0 aliphatic heterocycles. The average molecular weight is 786 g/mol. The lowest BCUT2D eigenvalue weighted by atomic mass is 10.0. The summed E-state index contributed by atoms with van der Waals surface area (Å²) in [6.45, 7) is 4.20. The number of quaternary nitrogens is 1. The van der Waals surface area contributed by atoms with Crippen molar-refractivity contribution < 1.29 is 42.1 Å². The molecule has 0 saturated heterocycles. The Morgan fingerprint density at radius 3 is 1.50 bits per heavy atom. The minimum atomic E-state index is -4.62. The summed E-state index contributed by atoms with van der Waals surface area (Å²) in [5.41, 5.74) is 0. The van der Waals surface area contributed by atoms with Crippen LogP contribution < -0.4 is 4.89 Å². The Morgan fingerprint density at radius 1 is 0.574 bits per heavy atom. The van der Waals surface area contributed by atoms with E-state index in [1.54, 1.807) is 0 Å². The molecule has 0 rings (SSSR count). The van der Waals surface area contributed by atoms with E-state index in [4.69, 9.17) is 18.5 Å². The number of ether oxygens (including phenoxy) is 2. The van der Waals surface area contributed by atoms with Crippen LogP contribution in [0.1, 0.15) is 194 Å². The molecule has 2 atom stereocenters. The van der Waals surface area contributed by atoms with E-state index in [1.807, 2.05) is 21.1 Å². The molecule has 0 saturated carbocycles. The molecule has 0 aromatic rings. The van der Waals surface area contributed by atoms with E-state index in [1.165, 1.54) is 109 Å². The predicted octanol–water partition coefficient (Wildman–Crippen LogP) is 11.7. The van der Waals surface area contributed by atoms with Crippen LogP contribution in [-0.2, 0) is 32.7 Å². The van der Waals surface area contributed by atoms with Crippen LogP contribution in [0.3, 0.4) is 0 Å². The molecule has 10 heteroatoms. The van der Waals surface area contributed by atoms with Gasteiger partial charge in [-0.3, -0.25) is 14.2 Å². The summed E-state index contributed by atoms with van der Waals surface area (Å²) in [6.07, 6.45) is 39.1. The van der Waals surface area contributed by atoms with Gasteiger partial charge in [0.05, 0.1) is 27.7 Å². The van der Waals surface area contributed by atoms with E-state index in [0.29, 0.717) is 17.4 Å². The van der Waals surface area contributed by atoms with E-state index in [9.17, 15) is 19.0 Å². The van der Waals surface area contributed by atoms with Gasteiger partial charge < -0.3 is 27.9 Å². The number of phosphoric ester groups is 1. The van der Waals surface area contributed by atoms with E-state index < -0.39 is 26.5 Å². The number of esters is 2. The fraction of sp³-hybridized carbons (Fsp3) is 0.864. The Kier molecular flexibility index (Phi) is 36.1. The monoisotopic (exact) mass is 786 g/mol. The van der Waals surface area contributed by atoms with Gasteiger partial charge >= 0.3 is 11.9 Å². The molecule has 0 heterocycles. The number of allylic oxidation sites excluding steroid dienone is 4. The Morgan fingerprint density at radius 2 is 1.00 bits per heavy atom. The molecule has 0 aromatic carbocycles. The summed E-state index contributed by atoms with van der Waals surface area (Å²) in [7, 11) is 1.16. The van der Waals surface area contributed by atoms with Gasteiger partial charge in [0, 0.05) is 12.8 Å². The van der Waals surface area contributed by atoms with Gasteiger partial charge in [-0.1, -0.05) is 160 Å². The van der Waals surface area contributed by atoms with Crippen LogP contribution in [0.25, 0.3) is 0 Å². The highest BCUT2D eigenvalue weighted by Crippen LogP contribution is 2.38. The first kappa shape index (κ1) is 52.5. The first-order chi connectivity index (χ1) is 26.0. The van der Waals surface area contributed by atoms with Crippen molar-refractivity contribution in [1.82, 2.24) is 0 Å². The number of nitrogens with zero attached hydrogens (tertiary/aromatic N) is 1. The molecule has 54 heavy (non-hydrogen) atoms. The molecule has 9 nitrogen and oxygen atoms in total.